The minimum atomic E-state index is -1.42. The number of nitrogens with zero attached hydrogens (tertiary/aromatic N) is 1. The van der Waals surface area contributed by atoms with Crippen LogP contribution >= 0.6 is 0 Å². The molecule has 0 unspecified atom stereocenters. The molecule has 0 bridgehead atoms. The summed E-state index contributed by atoms with van der Waals surface area (Å²) >= 11 is 0. The first-order chi connectivity index (χ1) is 19.0. The van der Waals surface area contributed by atoms with Gasteiger partial charge in [0.25, 0.3) is 0 Å². The molecule has 2 aliphatic heterocycles. The number of aliphatic hydroxyl groups is 6. The van der Waals surface area contributed by atoms with E-state index in [1.807, 2.05) is 0 Å². The maximum atomic E-state index is 12.9. The Morgan fingerprint density at radius 2 is 1.20 bits per heavy atom. The van der Waals surface area contributed by atoms with Gasteiger partial charge in [-0.25, -0.2) is 0 Å². The summed E-state index contributed by atoms with van der Waals surface area (Å²) in [6.45, 7) is 7.39. The normalized spacial score (nSPS) is 34.3. The van der Waals surface area contributed by atoms with Crippen molar-refractivity contribution in [2.24, 2.45) is 0 Å². The quantitative estimate of drug-likeness (QED) is 0.100. The first-order valence-corrected chi connectivity index (χ1v) is 13.8. The Labute approximate surface area is 234 Å². The van der Waals surface area contributed by atoms with Crippen molar-refractivity contribution in [2.75, 3.05) is 26.3 Å². The van der Waals surface area contributed by atoms with Gasteiger partial charge in [0.1, 0.15) is 36.6 Å². The SMILES string of the molecule is C=CNC(=O)CCCCC(=O)N(CCCO[C@@H]1O[C@@H](C)[C@@H](O)[C@@H](O)[C@@H]1O)CCCO[C@@H]1O[C@@H](C)[C@@H](O)[C@@H](O)[C@@H]1O. The van der Waals surface area contributed by atoms with Gasteiger partial charge in [-0.3, -0.25) is 9.59 Å². The molecular weight excluding hydrogens is 532 g/mol. The number of hydrogen-bond acceptors (Lipinski definition) is 12. The predicted octanol–water partition coefficient (Wildman–Crippen LogP) is -1.90. The highest BCUT2D eigenvalue weighted by Gasteiger charge is 2.43. The Morgan fingerprint density at radius 3 is 1.65 bits per heavy atom. The molecule has 2 amide bonds. The van der Waals surface area contributed by atoms with E-state index < -0.39 is 61.4 Å². The smallest absolute Gasteiger partial charge is 0.223 e. The van der Waals surface area contributed by atoms with E-state index >= 15 is 0 Å². The summed E-state index contributed by atoms with van der Waals surface area (Å²) in [6, 6.07) is 0. The molecule has 2 saturated heterocycles. The Hall–Kier alpha value is -1.72. The van der Waals surface area contributed by atoms with E-state index in [1.165, 1.54) is 6.20 Å². The van der Waals surface area contributed by atoms with Crippen molar-refractivity contribution in [2.45, 2.75) is 114 Å². The van der Waals surface area contributed by atoms with Crippen LogP contribution in [0.15, 0.2) is 12.8 Å². The molecule has 0 radical (unpaired) electrons. The molecule has 7 N–H and O–H groups in total. The second-order valence-corrected chi connectivity index (χ2v) is 10.2. The summed E-state index contributed by atoms with van der Waals surface area (Å²) in [6.07, 6.45) is -8.19. The summed E-state index contributed by atoms with van der Waals surface area (Å²) in [4.78, 5) is 26.1. The molecular formula is C26H46N2O12. The third-order valence-corrected chi connectivity index (χ3v) is 6.99. The molecule has 232 valence electrons. The number of amides is 2. The molecule has 2 heterocycles. The van der Waals surface area contributed by atoms with Gasteiger partial charge in [-0.05, 0) is 45.7 Å². The number of rotatable bonds is 16. The summed E-state index contributed by atoms with van der Waals surface area (Å²) < 4.78 is 22.0. The third-order valence-electron chi connectivity index (χ3n) is 6.99. The van der Waals surface area contributed by atoms with Crippen molar-refractivity contribution in [1.82, 2.24) is 10.2 Å². The second-order valence-electron chi connectivity index (χ2n) is 10.2. The fourth-order valence-corrected chi connectivity index (χ4v) is 4.48. The van der Waals surface area contributed by atoms with Gasteiger partial charge in [0.15, 0.2) is 12.6 Å². The van der Waals surface area contributed by atoms with Gasteiger partial charge >= 0.3 is 0 Å². The molecule has 0 aromatic carbocycles. The largest absolute Gasteiger partial charge is 0.388 e. The van der Waals surface area contributed by atoms with Crippen molar-refractivity contribution in [3.8, 4) is 0 Å². The van der Waals surface area contributed by atoms with E-state index in [1.54, 1.807) is 18.7 Å². The Kier molecular flexibility index (Phi) is 14.9. The molecule has 0 aliphatic carbocycles. The highest BCUT2D eigenvalue weighted by atomic mass is 16.7. The Bertz CT molecular complexity index is 747. The summed E-state index contributed by atoms with van der Waals surface area (Å²) in [5, 5.41) is 62.2. The molecule has 14 heteroatoms. The van der Waals surface area contributed by atoms with Crippen molar-refractivity contribution < 1.29 is 59.2 Å². The summed E-state index contributed by atoms with van der Waals surface area (Å²) in [5.41, 5.74) is 0. The number of aliphatic hydroxyl groups excluding tert-OH is 6. The van der Waals surface area contributed by atoms with Crippen LogP contribution in [-0.4, -0.2) is 135 Å². The van der Waals surface area contributed by atoms with Crippen LogP contribution in [0.1, 0.15) is 52.4 Å². The summed E-state index contributed by atoms with van der Waals surface area (Å²) in [5.74, 6) is -0.307. The van der Waals surface area contributed by atoms with E-state index in [0.29, 0.717) is 38.8 Å². The van der Waals surface area contributed by atoms with Gasteiger partial charge < -0.3 is 59.8 Å². The second kappa shape index (κ2) is 17.3. The van der Waals surface area contributed by atoms with Gasteiger partial charge in [0.2, 0.25) is 11.8 Å². The molecule has 0 aromatic heterocycles. The maximum Gasteiger partial charge on any atom is 0.223 e. The van der Waals surface area contributed by atoms with Crippen LogP contribution in [0.3, 0.4) is 0 Å². The molecule has 40 heavy (non-hydrogen) atoms. The van der Waals surface area contributed by atoms with E-state index in [4.69, 9.17) is 18.9 Å². The van der Waals surface area contributed by atoms with E-state index in [2.05, 4.69) is 11.9 Å². The molecule has 2 fully saturated rings. The molecule has 10 atom stereocenters. The molecule has 0 aromatic rings. The van der Waals surface area contributed by atoms with Crippen LogP contribution in [-0.2, 0) is 28.5 Å². The third kappa shape index (κ3) is 10.3. The topological polar surface area (TPSA) is 208 Å². The fraction of sp³-hybridized carbons (Fsp3) is 0.846. The first-order valence-electron chi connectivity index (χ1n) is 13.8. The first kappa shape index (κ1) is 34.5. The van der Waals surface area contributed by atoms with Crippen molar-refractivity contribution in [3.05, 3.63) is 12.8 Å². The number of unbranched alkanes of at least 4 members (excludes halogenated alkanes) is 1. The van der Waals surface area contributed by atoms with E-state index in [9.17, 15) is 40.2 Å². The molecule has 2 aliphatic rings. The van der Waals surface area contributed by atoms with Crippen LogP contribution in [0.25, 0.3) is 0 Å². The highest BCUT2D eigenvalue weighted by Crippen LogP contribution is 2.23. The lowest BCUT2D eigenvalue weighted by Gasteiger charge is -2.39. The fourth-order valence-electron chi connectivity index (χ4n) is 4.48. The molecule has 2 rings (SSSR count). The van der Waals surface area contributed by atoms with Crippen molar-refractivity contribution in [1.29, 1.82) is 0 Å². The van der Waals surface area contributed by atoms with Gasteiger partial charge in [-0.1, -0.05) is 6.58 Å². The highest BCUT2D eigenvalue weighted by molar-refractivity contribution is 5.77. The lowest BCUT2D eigenvalue weighted by atomic mass is 10.0. The zero-order chi connectivity index (χ0) is 29.8. The van der Waals surface area contributed by atoms with Gasteiger partial charge in [0, 0.05) is 25.9 Å². The molecule has 0 spiro atoms. The number of ether oxygens (including phenoxy) is 4. The minimum Gasteiger partial charge on any atom is -0.388 e. The van der Waals surface area contributed by atoms with Crippen LogP contribution in [0, 0.1) is 0 Å². The molecule has 0 saturated carbocycles. The van der Waals surface area contributed by atoms with Gasteiger partial charge in [0.05, 0.1) is 25.4 Å². The van der Waals surface area contributed by atoms with Crippen LogP contribution < -0.4 is 5.32 Å². The van der Waals surface area contributed by atoms with Gasteiger partial charge in [-0.2, -0.15) is 0 Å². The summed E-state index contributed by atoms with van der Waals surface area (Å²) in [7, 11) is 0. The van der Waals surface area contributed by atoms with Crippen molar-refractivity contribution in [3.63, 3.8) is 0 Å². The predicted molar refractivity (Wildman–Crippen MR) is 139 cm³/mol. The molecule has 14 nitrogen and oxygen atoms in total. The van der Waals surface area contributed by atoms with E-state index in [-0.39, 0.29) is 37.9 Å². The van der Waals surface area contributed by atoms with E-state index in [0.717, 1.165) is 0 Å². The average molecular weight is 579 g/mol. The number of hydrogen-bond donors (Lipinski definition) is 7. The maximum absolute atomic E-state index is 12.9. The van der Waals surface area contributed by atoms with Crippen LogP contribution in [0.2, 0.25) is 0 Å². The number of carbonyl (C=O) groups is 2. The zero-order valence-corrected chi connectivity index (χ0v) is 23.2. The Morgan fingerprint density at radius 1 is 0.750 bits per heavy atom. The number of carbonyl (C=O) groups excluding carboxylic acids is 2. The van der Waals surface area contributed by atoms with Crippen LogP contribution in [0.5, 0.6) is 0 Å². The Balaban J connectivity index is 1.83. The lowest BCUT2D eigenvalue weighted by Crippen LogP contribution is -2.57. The average Bonchev–Trinajstić information content (AvgIpc) is 2.92. The lowest BCUT2D eigenvalue weighted by molar-refractivity contribution is -0.293. The zero-order valence-electron chi connectivity index (χ0n) is 23.2. The van der Waals surface area contributed by atoms with Gasteiger partial charge in [-0.15, -0.1) is 0 Å². The monoisotopic (exact) mass is 578 g/mol. The minimum absolute atomic E-state index is 0.111. The number of nitrogens with one attached hydrogen (secondary N) is 1. The van der Waals surface area contributed by atoms with Crippen LogP contribution in [0.4, 0.5) is 0 Å². The van der Waals surface area contributed by atoms with Crippen molar-refractivity contribution >= 4 is 11.8 Å². The standard InChI is InChI=1S/C26H46N2O12/c1-4-27-17(29)9-5-6-10-18(30)28(11-7-13-37-25-23(35)21(33)19(31)15(2)39-25)12-8-14-38-26-24(36)22(34)20(32)16(3)40-26/h4,15-16,19-26,31-36H,1,5-14H2,2-3H3,(H,27,29)/t15-,16-,19+,20+,21+,22+,23-,24-,25+,26+/m0/s1.